The number of aromatic nitrogens is 2. The maximum Gasteiger partial charge on any atom is 0.248 e. The first-order chi connectivity index (χ1) is 19.2. The largest absolute Gasteiger partial charge is 0.390 e. The van der Waals surface area contributed by atoms with Crippen LogP contribution in [-0.2, 0) is 0 Å². The molecule has 0 saturated carbocycles. The number of para-hydroxylation sites is 2. The highest BCUT2D eigenvalue weighted by molar-refractivity contribution is 6.16. The molecule has 0 aliphatic carbocycles. The molecule has 4 aromatic carbocycles. The van der Waals surface area contributed by atoms with Gasteiger partial charge in [0, 0.05) is 39.2 Å². The highest BCUT2D eigenvalue weighted by atomic mass is 16.3. The molecule has 202 valence electrons. The third-order valence-corrected chi connectivity index (χ3v) is 7.19. The Labute approximate surface area is 234 Å². The Bertz CT molecular complexity index is 1840. The van der Waals surface area contributed by atoms with Crippen LogP contribution in [0.25, 0.3) is 49.5 Å². The standard InChI is InChI=1S/C29H21N3O.C6H14O/c1-18-15-21(13-14-22(18)29(30)33)32-26-11-5-3-8-24(26)28-23(9-6-12-27(28)32)20-16-19-7-2-4-10-25(19)31-17-20;1-4-5-6(2,3)7/h2-17H,1H3,(H2,30,33);7H,4-5H2,1-3H3. The number of benzene rings is 4. The lowest BCUT2D eigenvalue weighted by Crippen LogP contribution is -2.16. The van der Waals surface area contributed by atoms with E-state index in [1.54, 1.807) is 0 Å². The maximum atomic E-state index is 11.7. The minimum atomic E-state index is -0.450. The van der Waals surface area contributed by atoms with Gasteiger partial charge in [0.15, 0.2) is 0 Å². The molecule has 1 amide bonds. The lowest BCUT2D eigenvalue weighted by Gasteiger charge is -2.14. The zero-order valence-corrected chi connectivity index (χ0v) is 23.5. The summed E-state index contributed by atoms with van der Waals surface area (Å²) in [6.45, 7) is 7.65. The van der Waals surface area contributed by atoms with Crippen molar-refractivity contribution in [1.29, 1.82) is 0 Å². The number of amides is 1. The number of pyridine rings is 1. The molecule has 0 unspecified atom stereocenters. The van der Waals surface area contributed by atoms with Gasteiger partial charge in [-0.1, -0.05) is 61.9 Å². The highest BCUT2D eigenvalue weighted by Gasteiger charge is 2.17. The fraction of sp³-hybridized carbons (Fsp3) is 0.200. The average molecular weight is 530 g/mol. The Hall–Kier alpha value is -4.48. The van der Waals surface area contributed by atoms with Crippen molar-refractivity contribution in [1.82, 2.24) is 9.55 Å². The van der Waals surface area contributed by atoms with Crippen molar-refractivity contribution in [3.8, 4) is 16.8 Å². The number of fused-ring (bicyclic) bond motifs is 4. The van der Waals surface area contributed by atoms with E-state index in [-0.39, 0.29) is 0 Å². The first kappa shape index (κ1) is 27.1. The molecule has 0 atom stereocenters. The average Bonchev–Trinajstić information content (AvgIpc) is 3.27. The summed E-state index contributed by atoms with van der Waals surface area (Å²) in [5.74, 6) is -0.410. The van der Waals surface area contributed by atoms with Crippen LogP contribution in [0.1, 0.15) is 49.5 Å². The number of carbonyl (C=O) groups excluding carboxylic acids is 1. The number of hydrogen-bond donors (Lipinski definition) is 2. The monoisotopic (exact) mass is 529 g/mol. The molecule has 6 rings (SSSR count). The number of nitrogens with zero attached hydrogens (tertiary/aromatic N) is 2. The summed E-state index contributed by atoms with van der Waals surface area (Å²) in [7, 11) is 0. The zero-order valence-electron chi connectivity index (χ0n) is 23.5. The summed E-state index contributed by atoms with van der Waals surface area (Å²) in [6.07, 6.45) is 3.91. The predicted octanol–water partition coefficient (Wildman–Crippen LogP) is 7.96. The van der Waals surface area contributed by atoms with E-state index in [1.165, 1.54) is 10.8 Å². The van der Waals surface area contributed by atoms with Crippen LogP contribution in [0.2, 0.25) is 0 Å². The zero-order chi connectivity index (χ0) is 28.4. The number of aryl methyl sites for hydroxylation is 1. The van der Waals surface area contributed by atoms with Crippen LogP contribution in [0, 0.1) is 6.92 Å². The molecular weight excluding hydrogens is 494 g/mol. The van der Waals surface area contributed by atoms with Gasteiger partial charge in [0.2, 0.25) is 5.91 Å². The Morgan fingerprint density at radius 2 is 1.65 bits per heavy atom. The summed E-state index contributed by atoms with van der Waals surface area (Å²) in [5, 5.41) is 12.5. The van der Waals surface area contributed by atoms with Crippen LogP contribution in [0.5, 0.6) is 0 Å². The van der Waals surface area contributed by atoms with Crippen LogP contribution in [-0.4, -0.2) is 26.2 Å². The van der Waals surface area contributed by atoms with E-state index >= 15 is 0 Å². The number of carbonyl (C=O) groups is 1. The van der Waals surface area contributed by atoms with Gasteiger partial charge in [0.05, 0.1) is 22.2 Å². The van der Waals surface area contributed by atoms with Gasteiger partial charge in [-0.05, 0) is 80.8 Å². The van der Waals surface area contributed by atoms with Crippen LogP contribution in [0.4, 0.5) is 0 Å². The molecule has 0 saturated heterocycles. The van der Waals surface area contributed by atoms with Gasteiger partial charge in [-0.15, -0.1) is 0 Å². The van der Waals surface area contributed by atoms with Gasteiger partial charge in [0.25, 0.3) is 0 Å². The Balaban J connectivity index is 0.000000411. The van der Waals surface area contributed by atoms with E-state index in [9.17, 15) is 4.79 Å². The van der Waals surface area contributed by atoms with Gasteiger partial charge in [-0.3, -0.25) is 9.78 Å². The van der Waals surface area contributed by atoms with E-state index in [1.807, 2.05) is 63.4 Å². The van der Waals surface area contributed by atoms with Crippen molar-refractivity contribution in [2.75, 3.05) is 0 Å². The van der Waals surface area contributed by atoms with Crippen molar-refractivity contribution < 1.29 is 9.90 Å². The minimum Gasteiger partial charge on any atom is -0.390 e. The number of rotatable bonds is 5. The summed E-state index contributed by atoms with van der Waals surface area (Å²) in [6, 6.07) is 31.0. The maximum absolute atomic E-state index is 11.7. The highest BCUT2D eigenvalue weighted by Crippen LogP contribution is 2.39. The lowest BCUT2D eigenvalue weighted by atomic mass is 9.99. The van der Waals surface area contributed by atoms with E-state index in [0.717, 1.165) is 57.2 Å². The second-order valence-electron chi connectivity index (χ2n) is 10.9. The molecule has 0 fully saturated rings. The van der Waals surface area contributed by atoms with Crippen molar-refractivity contribution in [2.45, 2.75) is 46.1 Å². The predicted molar refractivity (Wildman–Crippen MR) is 166 cm³/mol. The topological polar surface area (TPSA) is 81.1 Å². The molecule has 0 bridgehead atoms. The molecule has 0 radical (unpaired) electrons. The molecule has 0 aliphatic heterocycles. The molecule has 5 nitrogen and oxygen atoms in total. The first-order valence-corrected chi connectivity index (χ1v) is 13.7. The lowest BCUT2D eigenvalue weighted by molar-refractivity contribution is 0.0703. The molecule has 3 N–H and O–H groups in total. The Morgan fingerprint density at radius 3 is 2.35 bits per heavy atom. The van der Waals surface area contributed by atoms with Crippen LogP contribution >= 0.6 is 0 Å². The minimum absolute atomic E-state index is 0.410. The summed E-state index contributed by atoms with van der Waals surface area (Å²) in [5.41, 5.74) is 12.9. The molecule has 0 spiro atoms. The summed E-state index contributed by atoms with van der Waals surface area (Å²) in [4.78, 5) is 16.4. The van der Waals surface area contributed by atoms with E-state index in [4.69, 9.17) is 15.8 Å². The molecular formula is C35H35N3O2. The quantitative estimate of drug-likeness (QED) is 0.238. The second-order valence-corrected chi connectivity index (χ2v) is 10.9. The second kappa shape index (κ2) is 10.9. The van der Waals surface area contributed by atoms with Crippen molar-refractivity contribution in [3.05, 3.63) is 108 Å². The van der Waals surface area contributed by atoms with Crippen molar-refractivity contribution in [2.24, 2.45) is 5.73 Å². The molecule has 2 aromatic heterocycles. The molecule has 5 heteroatoms. The van der Waals surface area contributed by atoms with Gasteiger partial charge < -0.3 is 15.4 Å². The first-order valence-electron chi connectivity index (χ1n) is 13.7. The molecule has 0 aliphatic rings. The Morgan fingerprint density at radius 1 is 0.925 bits per heavy atom. The van der Waals surface area contributed by atoms with Crippen molar-refractivity contribution >= 4 is 38.6 Å². The van der Waals surface area contributed by atoms with Crippen molar-refractivity contribution in [3.63, 3.8) is 0 Å². The van der Waals surface area contributed by atoms with E-state index in [2.05, 4.69) is 66.1 Å². The van der Waals surface area contributed by atoms with Crippen LogP contribution < -0.4 is 5.73 Å². The third kappa shape index (κ3) is 5.33. The van der Waals surface area contributed by atoms with Crippen LogP contribution in [0.3, 0.4) is 0 Å². The third-order valence-electron chi connectivity index (χ3n) is 7.19. The molecule has 2 heterocycles. The number of primary amides is 1. The SMILES string of the molecule is CCCC(C)(C)O.Cc1cc(-n2c3ccccc3c3c(-c4cnc5ccccc5c4)cccc32)ccc1C(N)=O. The van der Waals surface area contributed by atoms with Gasteiger partial charge in [-0.2, -0.15) is 0 Å². The summed E-state index contributed by atoms with van der Waals surface area (Å²) >= 11 is 0. The van der Waals surface area contributed by atoms with Gasteiger partial charge >= 0.3 is 0 Å². The number of aliphatic hydroxyl groups is 1. The van der Waals surface area contributed by atoms with Gasteiger partial charge in [0.1, 0.15) is 0 Å². The fourth-order valence-corrected chi connectivity index (χ4v) is 5.43. The fourth-order valence-electron chi connectivity index (χ4n) is 5.43. The number of hydrogen-bond acceptors (Lipinski definition) is 3. The van der Waals surface area contributed by atoms with Gasteiger partial charge in [-0.25, -0.2) is 0 Å². The van der Waals surface area contributed by atoms with Crippen LogP contribution in [0.15, 0.2) is 97.2 Å². The summed E-state index contributed by atoms with van der Waals surface area (Å²) < 4.78 is 2.25. The normalized spacial score (nSPS) is 11.5. The Kier molecular flexibility index (Phi) is 7.42. The van der Waals surface area contributed by atoms with E-state index in [0.29, 0.717) is 5.56 Å². The molecule has 6 aromatic rings. The van der Waals surface area contributed by atoms with E-state index < -0.39 is 11.5 Å². The molecule has 40 heavy (non-hydrogen) atoms. The smallest absolute Gasteiger partial charge is 0.248 e. The number of nitrogens with two attached hydrogens (primary N) is 1.